The van der Waals surface area contributed by atoms with Crippen molar-refractivity contribution < 1.29 is 0 Å². The molecule has 1 aliphatic rings. The van der Waals surface area contributed by atoms with E-state index in [9.17, 15) is 0 Å². The highest BCUT2D eigenvalue weighted by atomic mass is 32.1. The van der Waals surface area contributed by atoms with Gasteiger partial charge in [-0.2, -0.15) is 0 Å². The van der Waals surface area contributed by atoms with Gasteiger partial charge in [-0.25, -0.2) is 0 Å². The molecule has 1 heterocycles. The molecule has 0 amide bonds. The molecule has 0 radical (unpaired) electrons. The Morgan fingerprint density at radius 3 is 2.48 bits per heavy atom. The largest absolute Gasteiger partial charge is 0.135 e. The predicted octanol–water partition coefficient (Wildman–Crippen LogP) is 6.56. The number of thiophene rings is 1. The van der Waals surface area contributed by atoms with Crippen molar-refractivity contribution in [2.24, 2.45) is 5.41 Å². The molecule has 0 spiro atoms. The summed E-state index contributed by atoms with van der Waals surface area (Å²) >= 11 is 1.90. The van der Waals surface area contributed by atoms with Gasteiger partial charge in [0.05, 0.1) is 0 Å². The molecule has 0 bridgehead atoms. The Kier molecular flexibility index (Phi) is 3.46. The second kappa shape index (κ2) is 5.50. The van der Waals surface area contributed by atoms with E-state index in [0.717, 1.165) is 6.42 Å². The lowest BCUT2D eigenvalue weighted by molar-refractivity contribution is 0.633. The lowest BCUT2D eigenvalue weighted by Crippen LogP contribution is -2.00. The second-order valence-corrected chi connectivity index (χ2v) is 7.94. The molecule has 0 fully saturated rings. The molecule has 4 rings (SSSR count). The minimum Gasteiger partial charge on any atom is -0.135 e. The first kappa shape index (κ1) is 14.5. The quantitative estimate of drug-likeness (QED) is 0.502. The summed E-state index contributed by atoms with van der Waals surface area (Å²) < 4.78 is 1.39. The van der Waals surface area contributed by atoms with Gasteiger partial charge in [0.1, 0.15) is 0 Å². The topological polar surface area (TPSA) is 0 Å². The molecule has 114 valence electrons. The van der Waals surface area contributed by atoms with Crippen LogP contribution in [0.15, 0.2) is 60.7 Å². The highest BCUT2D eigenvalue weighted by molar-refractivity contribution is 7.20. The number of benzene rings is 2. The van der Waals surface area contributed by atoms with E-state index in [4.69, 9.17) is 0 Å². The van der Waals surface area contributed by atoms with Gasteiger partial charge >= 0.3 is 0 Å². The van der Waals surface area contributed by atoms with Gasteiger partial charge in [-0.05, 0) is 29.7 Å². The molecular formula is C22H20S. The maximum Gasteiger partial charge on any atom is 0.0358 e. The smallest absolute Gasteiger partial charge is 0.0358 e. The van der Waals surface area contributed by atoms with Gasteiger partial charge in [-0.15, -0.1) is 11.3 Å². The third-order valence-electron chi connectivity index (χ3n) is 4.42. The summed E-state index contributed by atoms with van der Waals surface area (Å²) in [5.74, 6) is 0. The minimum absolute atomic E-state index is 0.137. The fraction of sp³-hybridized carbons (Fsp3) is 0.182. The highest BCUT2D eigenvalue weighted by Crippen LogP contribution is 2.38. The van der Waals surface area contributed by atoms with Crippen molar-refractivity contribution in [3.63, 3.8) is 0 Å². The standard InChI is InChI=1S/C22H20S/c1-22(2)12-10-19-18-9-8-17(14-16-6-4-3-5-7-16)15-21(18)23-20(19)11-13-22/h3-13,15H,14H2,1-2H3. The van der Waals surface area contributed by atoms with Crippen molar-refractivity contribution in [2.75, 3.05) is 0 Å². The van der Waals surface area contributed by atoms with Gasteiger partial charge in [0.25, 0.3) is 0 Å². The van der Waals surface area contributed by atoms with E-state index in [0.29, 0.717) is 0 Å². The van der Waals surface area contributed by atoms with Crippen LogP contribution in [0.1, 0.15) is 35.4 Å². The first-order valence-electron chi connectivity index (χ1n) is 8.09. The molecule has 0 aliphatic heterocycles. The Morgan fingerprint density at radius 2 is 1.65 bits per heavy atom. The average Bonchev–Trinajstić information content (AvgIpc) is 2.81. The molecule has 1 aliphatic carbocycles. The molecule has 1 heteroatoms. The second-order valence-electron chi connectivity index (χ2n) is 6.86. The molecule has 23 heavy (non-hydrogen) atoms. The minimum atomic E-state index is 0.137. The summed E-state index contributed by atoms with van der Waals surface area (Å²) in [6.07, 6.45) is 10.2. The van der Waals surface area contributed by atoms with E-state index >= 15 is 0 Å². The van der Waals surface area contributed by atoms with Crippen molar-refractivity contribution in [3.8, 4) is 0 Å². The third kappa shape index (κ3) is 2.89. The molecular weight excluding hydrogens is 296 g/mol. The molecule has 0 nitrogen and oxygen atoms in total. The summed E-state index contributed by atoms with van der Waals surface area (Å²) in [6.45, 7) is 4.49. The van der Waals surface area contributed by atoms with Crippen LogP contribution in [0.4, 0.5) is 0 Å². The molecule has 2 aromatic carbocycles. The van der Waals surface area contributed by atoms with Crippen LogP contribution in [0.2, 0.25) is 0 Å². The van der Waals surface area contributed by atoms with Gasteiger partial charge in [0, 0.05) is 25.9 Å². The monoisotopic (exact) mass is 316 g/mol. The molecule has 0 N–H and O–H groups in total. The van der Waals surface area contributed by atoms with Crippen LogP contribution in [0, 0.1) is 5.41 Å². The zero-order valence-corrected chi connectivity index (χ0v) is 14.4. The normalized spacial score (nSPS) is 15.6. The summed E-state index contributed by atoms with van der Waals surface area (Å²) in [6, 6.07) is 17.6. The zero-order chi connectivity index (χ0) is 15.9. The molecule has 0 atom stereocenters. The first-order valence-corrected chi connectivity index (χ1v) is 8.90. The summed E-state index contributed by atoms with van der Waals surface area (Å²) in [5.41, 5.74) is 4.26. The van der Waals surface area contributed by atoms with E-state index in [1.54, 1.807) is 0 Å². The molecule has 0 saturated heterocycles. The highest BCUT2D eigenvalue weighted by Gasteiger charge is 2.16. The summed E-state index contributed by atoms with van der Waals surface area (Å²) in [7, 11) is 0. The SMILES string of the molecule is CC1(C)C=Cc2sc3cc(Cc4ccccc4)ccc3c2C=C1. The lowest BCUT2D eigenvalue weighted by Gasteiger charge is -2.12. The van der Waals surface area contributed by atoms with Crippen LogP contribution in [0.3, 0.4) is 0 Å². The van der Waals surface area contributed by atoms with E-state index in [1.165, 1.54) is 31.7 Å². The number of hydrogen-bond acceptors (Lipinski definition) is 1. The maximum absolute atomic E-state index is 2.36. The van der Waals surface area contributed by atoms with Gasteiger partial charge in [-0.1, -0.05) is 74.5 Å². The summed E-state index contributed by atoms with van der Waals surface area (Å²) in [4.78, 5) is 1.37. The van der Waals surface area contributed by atoms with Gasteiger partial charge in [0.2, 0.25) is 0 Å². The average molecular weight is 316 g/mol. The van der Waals surface area contributed by atoms with E-state index < -0.39 is 0 Å². The number of allylic oxidation sites excluding steroid dienone is 2. The van der Waals surface area contributed by atoms with E-state index in [-0.39, 0.29) is 5.41 Å². The third-order valence-corrected chi connectivity index (χ3v) is 5.55. The number of rotatable bonds is 2. The van der Waals surface area contributed by atoms with Crippen LogP contribution >= 0.6 is 11.3 Å². The van der Waals surface area contributed by atoms with Crippen LogP contribution in [-0.2, 0) is 6.42 Å². The zero-order valence-electron chi connectivity index (χ0n) is 13.5. The predicted molar refractivity (Wildman–Crippen MR) is 103 cm³/mol. The Balaban J connectivity index is 1.74. The molecule has 0 unspecified atom stereocenters. The number of fused-ring (bicyclic) bond motifs is 3. The molecule has 3 aromatic rings. The Labute approximate surface area is 141 Å². The number of hydrogen-bond donors (Lipinski definition) is 0. The fourth-order valence-electron chi connectivity index (χ4n) is 3.06. The van der Waals surface area contributed by atoms with Crippen LogP contribution in [0.5, 0.6) is 0 Å². The Bertz CT molecular complexity index is 908. The first-order chi connectivity index (χ1) is 11.1. The van der Waals surface area contributed by atoms with E-state index in [2.05, 4.69) is 86.7 Å². The van der Waals surface area contributed by atoms with Gasteiger partial charge in [0.15, 0.2) is 0 Å². The fourth-order valence-corrected chi connectivity index (χ4v) is 4.22. The maximum atomic E-state index is 2.36. The van der Waals surface area contributed by atoms with Crippen LogP contribution in [-0.4, -0.2) is 0 Å². The van der Waals surface area contributed by atoms with Gasteiger partial charge < -0.3 is 0 Å². The lowest BCUT2D eigenvalue weighted by atomic mass is 9.93. The van der Waals surface area contributed by atoms with Crippen molar-refractivity contribution in [1.82, 2.24) is 0 Å². The Morgan fingerprint density at radius 1 is 0.870 bits per heavy atom. The van der Waals surface area contributed by atoms with Gasteiger partial charge in [-0.3, -0.25) is 0 Å². The van der Waals surface area contributed by atoms with Crippen molar-refractivity contribution >= 4 is 33.6 Å². The molecule has 0 saturated carbocycles. The van der Waals surface area contributed by atoms with Crippen molar-refractivity contribution in [3.05, 3.63) is 82.3 Å². The van der Waals surface area contributed by atoms with Crippen LogP contribution < -0.4 is 0 Å². The Hall–Kier alpha value is -2.12. The molecule has 1 aromatic heterocycles. The van der Waals surface area contributed by atoms with Crippen molar-refractivity contribution in [2.45, 2.75) is 20.3 Å². The summed E-state index contributed by atoms with van der Waals surface area (Å²) in [5, 5.41) is 1.38. The van der Waals surface area contributed by atoms with E-state index in [1.807, 2.05) is 11.3 Å². The van der Waals surface area contributed by atoms with Crippen LogP contribution in [0.25, 0.3) is 22.2 Å². The van der Waals surface area contributed by atoms with Crippen molar-refractivity contribution in [1.29, 1.82) is 0 Å².